The van der Waals surface area contributed by atoms with Crippen molar-refractivity contribution in [2.75, 3.05) is 6.61 Å². The first kappa shape index (κ1) is 26.8. The molecule has 5 nitrogen and oxygen atoms in total. The van der Waals surface area contributed by atoms with Crippen LogP contribution in [-0.2, 0) is 5.41 Å². The van der Waals surface area contributed by atoms with E-state index in [4.69, 9.17) is 4.74 Å². The topological polar surface area (TPSA) is 62.7 Å². The molecule has 0 radical (unpaired) electrons. The van der Waals surface area contributed by atoms with E-state index in [2.05, 4.69) is 54.0 Å². The highest BCUT2D eigenvalue weighted by Crippen LogP contribution is 2.62. The second kappa shape index (κ2) is 11.9. The van der Waals surface area contributed by atoms with Gasteiger partial charge in [-0.05, 0) is 105 Å². The van der Waals surface area contributed by atoms with Crippen LogP contribution in [0.5, 0.6) is 5.75 Å². The fourth-order valence-corrected chi connectivity index (χ4v) is 7.81. The average molecular weight is 516 g/mol. The molecule has 2 aromatic rings. The van der Waals surface area contributed by atoms with Crippen LogP contribution in [0.2, 0.25) is 0 Å². The molecule has 4 saturated carbocycles. The summed E-state index contributed by atoms with van der Waals surface area (Å²) >= 11 is 0. The third-order valence-electron chi connectivity index (χ3n) is 9.13. The predicted molar refractivity (Wildman–Crippen MR) is 155 cm³/mol. The first-order valence-electron chi connectivity index (χ1n) is 14.9. The van der Waals surface area contributed by atoms with Crippen LogP contribution >= 0.6 is 0 Å². The van der Waals surface area contributed by atoms with Gasteiger partial charge in [0.25, 0.3) is 0 Å². The SMILES string of the molecule is CCCCCCCCOc1ccc(/C=N/NC(=O)NC23CC4CC(C2)CC(c2ccc(C)cc2)(C4)C3)cc1. The number of hydrogen-bond donors (Lipinski definition) is 2. The number of rotatable bonds is 12. The molecule has 2 amide bonds. The van der Waals surface area contributed by atoms with Gasteiger partial charge < -0.3 is 10.1 Å². The maximum atomic E-state index is 12.9. The number of nitrogens with zero attached hydrogens (tertiary/aromatic N) is 1. The average Bonchev–Trinajstić information content (AvgIpc) is 2.88. The van der Waals surface area contributed by atoms with Crippen molar-refractivity contribution in [1.82, 2.24) is 10.7 Å². The molecule has 0 spiro atoms. The zero-order chi connectivity index (χ0) is 26.4. The number of benzene rings is 2. The highest BCUT2D eigenvalue weighted by atomic mass is 16.5. The third-order valence-corrected chi connectivity index (χ3v) is 9.13. The molecule has 0 aromatic heterocycles. The highest BCUT2D eigenvalue weighted by Gasteiger charge is 2.58. The van der Waals surface area contributed by atoms with E-state index in [-0.39, 0.29) is 17.0 Å². The largest absolute Gasteiger partial charge is 0.494 e. The molecule has 204 valence electrons. The van der Waals surface area contributed by atoms with Crippen molar-refractivity contribution in [2.45, 2.75) is 102 Å². The summed E-state index contributed by atoms with van der Waals surface area (Å²) in [7, 11) is 0. The van der Waals surface area contributed by atoms with Gasteiger partial charge in [0.1, 0.15) is 5.75 Å². The zero-order valence-electron chi connectivity index (χ0n) is 23.3. The summed E-state index contributed by atoms with van der Waals surface area (Å²) in [4.78, 5) is 12.9. The van der Waals surface area contributed by atoms with Crippen molar-refractivity contribution in [3.8, 4) is 5.75 Å². The number of urea groups is 1. The summed E-state index contributed by atoms with van der Waals surface area (Å²) in [6.07, 6.45) is 16.3. The summed E-state index contributed by atoms with van der Waals surface area (Å²) in [5, 5.41) is 7.62. The van der Waals surface area contributed by atoms with Gasteiger partial charge in [0.2, 0.25) is 0 Å². The van der Waals surface area contributed by atoms with Crippen LogP contribution in [0.15, 0.2) is 53.6 Å². The van der Waals surface area contributed by atoms with Gasteiger partial charge in [-0.25, -0.2) is 10.2 Å². The van der Waals surface area contributed by atoms with Gasteiger partial charge in [-0.3, -0.25) is 0 Å². The van der Waals surface area contributed by atoms with E-state index < -0.39 is 0 Å². The number of nitrogens with one attached hydrogen (secondary N) is 2. The standard InChI is InChI=1S/C33H45N3O2/c1-3-4-5-6-7-8-17-38-30-15-11-26(12-16-30)23-34-36-31(37)35-33-21-27-18-28(22-33)20-32(19-27,24-33)29-13-9-25(2)10-14-29/h9-16,23,27-28H,3-8,17-22,24H2,1-2H3,(H2,35,36,37)/b34-23+. The maximum absolute atomic E-state index is 12.9. The van der Waals surface area contributed by atoms with E-state index in [0.29, 0.717) is 11.8 Å². The normalized spacial score (nSPS) is 27.5. The Balaban J connectivity index is 1.10. The Bertz CT molecular complexity index is 1080. The van der Waals surface area contributed by atoms with Crippen LogP contribution in [0.25, 0.3) is 0 Å². The lowest BCUT2D eigenvalue weighted by atomic mass is 9.45. The van der Waals surface area contributed by atoms with Crippen molar-refractivity contribution >= 4 is 12.2 Å². The van der Waals surface area contributed by atoms with Crippen LogP contribution < -0.4 is 15.5 Å². The zero-order valence-corrected chi connectivity index (χ0v) is 23.3. The van der Waals surface area contributed by atoms with Gasteiger partial charge in [0.05, 0.1) is 12.8 Å². The van der Waals surface area contributed by atoms with Crippen molar-refractivity contribution in [3.63, 3.8) is 0 Å². The number of amides is 2. The molecule has 4 fully saturated rings. The van der Waals surface area contributed by atoms with Crippen molar-refractivity contribution in [3.05, 3.63) is 65.2 Å². The summed E-state index contributed by atoms with van der Waals surface area (Å²) in [5.41, 5.74) is 6.51. The van der Waals surface area contributed by atoms with Gasteiger partial charge in [-0.2, -0.15) is 5.10 Å². The van der Waals surface area contributed by atoms with Crippen molar-refractivity contribution in [2.24, 2.45) is 16.9 Å². The lowest BCUT2D eigenvalue weighted by molar-refractivity contribution is -0.0349. The van der Waals surface area contributed by atoms with Crippen LogP contribution in [0, 0.1) is 18.8 Å². The molecule has 2 unspecified atom stereocenters. The minimum atomic E-state index is -0.193. The van der Waals surface area contributed by atoms with Gasteiger partial charge in [0.15, 0.2) is 0 Å². The Labute approximate surface area is 228 Å². The van der Waals surface area contributed by atoms with E-state index >= 15 is 0 Å². The number of hydrazone groups is 1. The van der Waals surface area contributed by atoms with Crippen molar-refractivity contribution in [1.29, 1.82) is 0 Å². The summed E-state index contributed by atoms with van der Waals surface area (Å²) in [6, 6.07) is 16.8. The minimum absolute atomic E-state index is 0.121. The van der Waals surface area contributed by atoms with Gasteiger partial charge in [0, 0.05) is 5.54 Å². The van der Waals surface area contributed by atoms with Gasteiger partial charge in [-0.1, -0.05) is 68.9 Å². The lowest BCUT2D eigenvalue weighted by Crippen LogP contribution is -2.65. The monoisotopic (exact) mass is 515 g/mol. The molecule has 4 aliphatic carbocycles. The molecule has 0 saturated heterocycles. The van der Waals surface area contributed by atoms with Crippen molar-refractivity contribution < 1.29 is 9.53 Å². The highest BCUT2D eigenvalue weighted by molar-refractivity contribution is 5.82. The van der Waals surface area contributed by atoms with Crippen LogP contribution in [0.4, 0.5) is 4.79 Å². The molecule has 4 bridgehead atoms. The van der Waals surface area contributed by atoms with Gasteiger partial charge in [-0.15, -0.1) is 0 Å². The van der Waals surface area contributed by atoms with E-state index in [1.165, 1.54) is 62.5 Å². The number of hydrogen-bond acceptors (Lipinski definition) is 3. The second-order valence-electron chi connectivity index (χ2n) is 12.4. The molecule has 5 heteroatoms. The molecule has 0 heterocycles. The number of unbranched alkanes of at least 4 members (excludes halogenated alkanes) is 5. The molecule has 38 heavy (non-hydrogen) atoms. The Morgan fingerprint density at radius 3 is 2.34 bits per heavy atom. The number of carbonyl (C=O) groups is 1. The summed E-state index contributed by atoms with van der Waals surface area (Å²) in [6.45, 7) is 5.15. The summed E-state index contributed by atoms with van der Waals surface area (Å²) < 4.78 is 5.87. The van der Waals surface area contributed by atoms with E-state index in [1.807, 2.05) is 24.3 Å². The molecule has 2 atom stereocenters. The second-order valence-corrected chi connectivity index (χ2v) is 12.4. The number of carbonyl (C=O) groups excluding carboxylic acids is 1. The quantitative estimate of drug-likeness (QED) is 0.173. The molecule has 0 aliphatic heterocycles. The maximum Gasteiger partial charge on any atom is 0.335 e. The Kier molecular flexibility index (Phi) is 8.40. The predicted octanol–water partition coefficient (Wildman–Crippen LogP) is 7.66. The van der Waals surface area contributed by atoms with Gasteiger partial charge >= 0.3 is 6.03 Å². The molecule has 2 N–H and O–H groups in total. The van der Waals surface area contributed by atoms with Crippen LogP contribution in [0.1, 0.15) is 101 Å². The number of ether oxygens (including phenoxy) is 1. The fraction of sp³-hybridized carbons (Fsp3) is 0.576. The van der Waals surface area contributed by atoms with Crippen LogP contribution in [0.3, 0.4) is 0 Å². The number of aryl methyl sites for hydroxylation is 1. The van der Waals surface area contributed by atoms with Crippen LogP contribution in [-0.4, -0.2) is 24.4 Å². The Morgan fingerprint density at radius 2 is 1.63 bits per heavy atom. The smallest absolute Gasteiger partial charge is 0.335 e. The molecular formula is C33H45N3O2. The Hall–Kier alpha value is -2.82. The molecule has 2 aromatic carbocycles. The van der Waals surface area contributed by atoms with E-state index in [0.717, 1.165) is 43.6 Å². The lowest BCUT2D eigenvalue weighted by Gasteiger charge is -2.62. The first-order valence-corrected chi connectivity index (χ1v) is 14.9. The van der Waals surface area contributed by atoms with E-state index in [9.17, 15) is 4.79 Å². The first-order chi connectivity index (χ1) is 18.5. The third kappa shape index (κ3) is 6.42. The molecular weight excluding hydrogens is 470 g/mol. The molecule has 4 aliphatic rings. The molecule has 6 rings (SSSR count). The van der Waals surface area contributed by atoms with E-state index in [1.54, 1.807) is 6.21 Å². The minimum Gasteiger partial charge on any atom is -0.494 e. The fourth-order valence-electron chi connectivity index (χ4n) is 7.81. The summed E-state index contributed by atoms with van der Waals surface area (Å²) in [5.74, 6) is 2.28. The Morgan fingerprint density at radius 1 is 0.947 bits per heavy atom.